The maximum atomic E-state index is 13.9. The van der Waals surface area contributed by atoms with Gasteiger partial charge in [0.05, 0.1) is 6.54 Å². The van der Waals surface area contributed by atoms with E-state index in [1.807, 2.05) is 0 Å². The number of amides is 1. The Morgan fingerprint density at radius 2 is 2.33 bits per heavy atom. The largest absolute Gasteiger partial charge is 0.337 e. The molecule has 5 nitrogen and oxygen atoms in total. The van der Waals surface area contributed by atoms with Crippen molar-refractivity contribution in [3.63, 3.8) is 0 Å². The molecular formula is C14H13ClFN3O2. The van der Waals surface area contributed by atoms with Crippen LogP contribution in [0.5, 0.6) is 0 Å². The number of nitrogens with zero attached hydrogens (tertiary/aromatic N) is 3. The lowest BCUT2D eigenvalue weighted by Gasteiger charge is -2.22. The van der Waals surface area contributed by atoms with Crippen LogP contribution in [0.3, 0.4) is 0 Å². The Labute approximate surface area is 125 Å². The summed E-state index contributed by atoms with van der Waals surface area (Å²) in [6.07, 6.45) is 0.949. The normalized spacial score (nSPS) is 18.5. The van der Waals surface area contributed by atoms with Crippen molar-refractivity contribution in [3.05, 3.63) is 46.3 Å². The molecule has 0 aliphatic carbocycles. The van der Waals surface area contributed by atoms with Crippen LogP contribution in [0.1, 0.15) is 36.2 Å². The Bertz CT molecular complexity index is 668. The van der Waals surface area contributed by atoms with E-state index in [-0.39, 0.29) is 18.5 Å². The zero-order valence-electron chi connectivity index (χ0n) is 11.3. The van der Waals surface area contributed by atoms with Crippen molar-refractivity contribution in [2.24, 2.45) is 0 Å². The maximum absolute atomic E-state index is 13.9. The summed E-state index contributed by atoms with van der Waals surface area (Å²) < 4.78 is 19.0. The number of halogens is 2. The Morgan fingerprint density at radius 1 is 1.52 bits per heavy atom. The second kappa shape index (κ2) is 5.44. The number of benzene rings is 1. The lowest BCUT2D eigenvalue weighted by atomic mass is 10.1. The molecule has 1 atom stereocenters. The highest BCUT2D eigenvalue weighted by Gasteiger charge is 2.36. The molecule has 0 saturated carbocycles. The number of rotatable bonds is 3. The molecule has 1 aliphatic heterocycles. The molecule has 2 aromatic rings. The van der Waals surface area contributed by atoms with Gasteiger partial charge in [-0.3, -0.25) is 4.79 Å². The molecule has 1 aromatic heterocycles. The Hall–Kier alpha value is -1.95. The second-order valence-electron chi connectivity index (χ2n) is 4.96. The van der Waals surface area contributed by atoms with E-state index in [0.717, 1.165) is 0 Å². The quantitative estimate of drug-likeness (QED) is 0.874. The number of carbonyl (C=O) groups is 1. The number of aromatic nitrogens is 2. The van der Waals surface area contributed by atoms with Gasteiger partial charge in [-0.05, 0) is 25.5 Å². The average molecular weight is 310 g/mol. The van der Waals surface area contributed by atoms with Crippen LogP contribution in [0.4, 0.5) is 4.39 Å². The van der Waals surface area contributed by atoms with Crippen LogP contribution in [0.15, 0.2) is 22.7 Å². The Kier molecular flexibility index (Phi) is 3.63. The zero-order valence-corrected chi connectivity index (χ0v) is 12.1. The minimum absolute atomic E-state index is 0.0739. The van der Waals surface area contributed by atoms with Crippen LogP contribution in [0.25, 0.3) is 0 Å². The van der Waals surface area contributed by atoms with Gasteiger partial charge >= 0.3 is 0 Å². The summed E-state index contributed by atoms with van der Waals surface area (Å²) in [5.41, 5.74) is 0.302. The Balaban J connectivity index is 1.90. The van der Waals surface area contributed by atoms with Gasteiger partial charge in [-0.15, -0.1) is 0 Å². The van der Waals surface area contributed by atoms with Gasteiger partial charge in [0.15, 0.2) is 5.82 Å². The van der Waals surface area contributed by atoms with E-state index < -0.39 is 5.82 Å². The predicted octanol–water partition coefficient (Wildman–Crippen LogP) is 3.03. The first-order valence-electron chi connectivity index (χ1n) is 6.59. The molecular weight excluding hydrogens is 297 g/mol. The first kappa shape index (κ1) is 14.0. The SMILES string of the molecule is Cc1noc(C2CCC(=O)N2Cc2c(F)cccc2Cl)n1. The van der Waals surface area contributed by atoms with Crippen LogP contribution in [-0.4, -0.2) is 20.9 Å². The van der Waals surface area contributed by atoms with Crippen LogP contribution < -0.4 is 0 Å². The summed E-state index contributed by atoms with van der Waals surface area (Å²) in [7, 11) is 0. The summed E-state index contributed by atoms with van der Waals surface area (Å²) in [6, 6.07) is 4.14. The fraction of sp³-hybridized carbons (Fsp3) is 0.357. The zero-order chi connectivity index (χ0) is 15.0. The lowest BCUT2D eigenvalue weighted by molar-refractivity contribution is -0.130. The van der Waals surface area contributed by atoms with Gasteiger partial charge in [0.25, 0.3) is 0 Å². The fourth-order valence-corrected chi connectivity index (χ4v) is 2.71. The van der Waals surface area contributed by atoms with Crippen molar-refractivity contribution in [3.8, 4) is 0 Å². The lowest BCUT2D eigenvalue weighted by Crippen LogP contribution is -2.28. The van der Waals surface area contributed by atoms with Gasteiger partial charge in [0.2, 0.25) is 11.8 Å². The molecule has 1 amide bonds. The van der Waals surface area contributed by atoms with Gasteiger partial charge in [-0.1, -0.05) is 22.8 Å². The smallest absolute Gasteiger partial charge is 0.249 e. The summed E-state index contributed by atoms with van der Waals surface area (Å²) in [5.74, 6) is 0.386. The van der Waals surface area contributed by atoms with Crippen molar-refractivity contribution in [1.29, 1.82) is 0 Å². The monoisotopic (exact) mass is 309 g/mol. The molecule has 1 aromatic carbocycles. The van der Waals surface area contributed by atoms with Gasteiger partial charge in [0, 0.05) is 17.0 Å². The van der Waals surface area contributed by atoms with Gasteiger partial charge in [-0.2, -0.15) is 4.98 Å². The number of hydrogen-bond acceptors (Lipinski definition) is 4. The van der Waals surface area contributed by atoms with E-state index >= 15 is 0 Å². The van der Waals surface area contributed by atoms with Crippen molar-refractivity contribution in [2.45, 2.75) is 32.4 Å². The van der Waals surface area contributed by atoms with Gasteiger partial charge < -0.3 is 9.42 Å². The molecule has 7 heteroatoms. The summed E-state index contributed by atoms with van der Waals surface area (Å²) in [5, 5.41) is 4.04. The van der Waals surface area contributed by atoms with E-state index in [1.165, 1.54) is 17.0 Å². The third-order valence-corrected chi connectivity index (χ3v) is 3.90. The summed E-state index contributed by atoms with van der Waals surface area (Å²) in [4.78, 5) is 17.8. The highest BCUT2D eigenvalue weighted by atomic mass is 35.5. The number of carbonyl (C=O) groups excluding carboxylic acids is 1. The first-order chi connectivity index (χ1) is 10.1. The molecule has 1 unspecified atom stereocenters. The van der Waals surface area contributed by atoms with E-state index in [1.54, 1.807) is 13.0 Å². The maximum Gasteiger partial charge on any atom is 0.249 e. The minimum Gasteiger partial charge on any atom is -0.337 e. The van der Waals surface area contributed by atoms with Crippen LogP contribution in [0, 0.1) is 12.7 Å². The van der Waals surface area contributed by atoms with Crippen LogP contribution in [0.2, 0.25) is 5.02 Å². The molecule has 110 valence electrons. The molecule has 0 N–H and O–H groups in total. The van der Waals surface area contributed by atoms with E-state index in [4.69, 9.17) is 16.1 Å². The molecule has 1 saturated heterocycles. The van der Waals surface area contributed by atoms with Crippen molar-refractivity contribution in [2.75, 3.05) is 0 Å². The van der Waals surface area contributed by atoms with E-state index in [0.29, 0.717) is 35.1 Å². The number of likely N-dealkylation sites (tertiary alicyclic amines) is 1. The fourth-order valence-electron chi connectivity index (χ4n) is 2.49. The molecule has 2 heterocycles. The molecule has 21 heavy (non-hydrogen) atoms. The number of hydrogen-bond donors (Lipinski definition) is 0. The summed E-state index contributed by atoms with van der Waals surface area (Å²) >= 11 is 6.02. The van der Waals surface area contributed by atoms with Gasteiger partial charge in [0.1, 0.15) is 11.9 Å². The third kappa shape index (κ3) is 2.63. The van der Waals surface area contributed by atoms with Crippen molar-refractivity contribution >= 4 is 17.5 Å². The van der Waals surface area contributed by atoms with Crippen molar-refractivity contribution in [1.82, 2.24) is 15.0 Å². The molecule has 0 spiro atoms. The molecule has 1 aliphatic rings. The van der Waals surface area contributed by atoms with E-state index in [2.05, 4.69) is 10.1 Å². The Morgan fingerprint density at radius 3 is 3.00 bits per heavy atom. The van der Waals surface area contributed by atoms with Crippen molar-refractivity contribution < 1.29 is 13.7 Å². The molecule has 0 radical (unpaired) electrons. The third-order valence-electron chi connectivity index (χ3n) is 3.55. The molecule has 3 rings (SSSR count). The summed E-state index contributed by atoms with van der Waals surface area (Å²) in [6.45, 7) is 1.80. The highest BCUT2D eigenvalue weighted by molar-refractivity contribution is 6.31. The standard InChI is InChI=1S/C14H13ClFN3O2/c1-8-17-14(21-18-8)12-5-6-13(20)19(12)7-9-10(15)3-2-4-11(9)16/h2-4,12H,5-7H2,1H3. The van der Waals surface area contributed by atoms with Crippen LogP contribution >= 0.6 is 11.6 Å². The second-order valence-corrected chi connectivity index (χ2v) is 5.36. The topological polar surface area (TPSA) is 59.2 Å². The van der Waals surface area contributed by atoms with Crippen LogP contribution in [-0.2, 0) is 11.3 Å². The van der Waals surface area contributed by atoms with E-state index in [9.17, 15) is 9.18 Å². The molecule has 0 bridgehead atoms. The average Bonchev–Trinajstić information content (AvgIpc) is 3.01. The first-order valence-corrected chi connectivity index (χ1v) is 6.96. The predicted molar refractivity (Wildman–Crippen MR) is 73.0 cm³/mol. The highest BCUT2D eigenvalue weighted by Crippen LogP contribution is 2.34. The minimum atomic E-state index is -0.428. The molecule has 1 fully saturated rings. The number of aryl methyl sites for hydroxylation is 1. The van der Waals surface area contributed by atoms with Gasteiger partial charge in [-0.25, -0.2) is 4.39 Å².